The third-order valence-electron chi connectivity index (χ3n) is 10.5. The van der Waals surface area contributed by atoms with E-state index in [2.05, 4.69) is 63.8 Å². The van der Waals surface area contributed by atoms with Crippen LogP contribution in [0.2, 0.25) is 0 Å². The Labute approximate surface area is 240 Å². The molecule has 1 saturated heterocycles. The molecule has 3 aliphatic carbocycles. The zero-order valence-corrected chi connectivity index (χ0v) is 24.6. The largest absolute Gasteiger partial charge is 0.382 e. The van der Waals surface area contributed by atoms with E-state index >= 15 is 0 Å². The smallest absolute Gasteiger partial charge is 0.223 e. The summed E-state index contributed by atoms with van der Waals surface area (Å²) in [5, 5.41) is 22.6. The molecule has 2 heterocycles. The van der Waals surface area contributed by atoms with Gasteiger partial charge in [-0.2, -0.15) is 0 Å². The highest BCUT2D eigenvalue weighted by Gasteiger charge is 2.45. The second-order valence-corrected chi connectivity index (χ2v) is 12.8. The van der Waals surface area contributed by atoms with Crippen molar-refractivity contribution < 1.29 is 14.3 Å². The third-order valence-corrected chi connectivity index (χ3v) is 10.5. The van der Waals surface area contributed by atoms with Gasteiger partial charge in [0.2, 0.25) is 11.9 Å². The summed E-state index contributed by atoms with van der Waals surface area (Å²) in [6.07, 6.45) is 15.8. The third kappa shape index (κ3) is 7.14. The highest BCUT2D eigenvalue weighted by atomic mass is 16.6. The van der Waals surface area contributed by atoms with Crippen LogP contribution in [0.25, 0.3) is 0 Å². The van der Waals surface area contributed by atoms with Crippen LogP contribution in [0.1, 0.15) is 90.9 Å². The van der Waals surface area contributed by atoms with Gasteiger partial charge < -0.3 is 20.9 Å². The van der Waals surface area contributed by atoms with Gasteiger partial charge in [0.15, 0.2) is 12.4 Å². The number of nitrogens with zero attached hydrogens (tertiary/aromatic N) is 3. The maximum atomic E-state index is 13.1. The lowest BCUT2D eigenvalue weighted by atomic mass is 9.73. The minimum atomic E-state index is -0.390. The standard InChI is InChI=1S/C31H50N6O3/c1-3-35-18-15-26(16-19-35)32-23-9-11-25(12-10-23)34-31(38)22-5-7-24(8-6-22)33-29-17-20-36(4-2)30-14-13-27(37(39)40)21-28(29)30/h15-16,18-19,22-25,27-30,33H,3-14,17,20-21H2,1-2H3,(H,34,38)/p+1. The fourth-order valence-corrected chi connectivity index (χ4v) is 8.05. The predicted molar refractivity (Wildman–Crippen MR) is 157 cm³/mol. The molecule has 3 saturated carbocycles. The van der Waals surface area contributed by atoms with E-state index in [0.29, 0.717) is 49.0 Å². The molecule has 0 bridgehead atoms. The summed E-state index contributed by atoms with van der Waals surface area (Å²) in [6, 6.07) is 5.92. The Morgan fingerprint density at radius 3 is 2.27 bits per heavy atom. The molecule has 0 aromatic carbocycles. The van der Waals surface area contributed by atoms with Crippen molar-refractivity contribution in [2.24, 2.45) is 11.8 Å². The molecule has 9 heteroatoms. The van der Waals surface area contributed by atoms with Crippen molar-refractivity contribution in [3.05, 3.63) is 34.6 Å². The van der Waals surface area contributed by atoms with Gasteiger partial charge >= 0.3 is 0 Å². The molecule has 40 heavy (non-hydrogen) atoms. The summed E-state index contributed by atoms with van der Waals surface area (Å²) < 4.78 is 2.16. The zero-order chi connectivity index (χ0) is 28.1. The van der Waals surface area contributed by atoms with Crippen LogP contribution < -0.4 is 20.5 Å². The molecule has 1 aliphatic heterocycles. The second kappa shape index (κ2) is 13.6. The van der Waals surface area contributed by atoms with E-state index in [1.54, 1.807) is 0 Å². The number of rotatable bonds is 9. The number of fused-ring (bicyclic) bond motifs is 1. The van der Waals surface area contributed by atoms with E-state index in [1.807, 2.05) is 0 Å². The number of hydrogen-bond donors (Lipinski definition) is 3. The van der Waals surface area contributed by atoms with E-state index in [0.717, 1.165) is 83.8 Å². The molecule has 0 spiro atoms. The molecular formula is C31H51N6O3+. The average molecular weight is 556 g/mol. The number of likely N-dealkylation sites (tertiary alicyclic amines) is 1. The molecule has 4 fully saturated rings. The van der Waals surface area contributed by atoms with Crippen molar-refractivity contribution in [3.8, 4) is 0 Å². The molecular weight excluding hydrogens is 504 g/mol. The number of pyridine rings is 1. The summed E-state index contributed by atoms with van der Waals surface area (Å²) >= 11 is 0. The molecule has 4 atom stereocenters. The Hall–Kier alpha value is -2.26. The number of hydrogen-bond acceptors (Lipinski definition) is 6. The zero-order valence-electron chi connectivity index (χ0n) is 24.6. The van der Waals surface area contributed by atoms with Crippen molar-refractivity contribution in [1.82, 2.24) is 15.5 Å². The highest BCUT2D eigenvalue weighted by Crippen LogP contribution is 2.37. The number of carbonyl (C=O) groups excluding carboxylic acids is 1. The normalized spacial score (nSPS) is 35.0. The van der Waals surface area contributed by atoms with Crippen molar-refractivity contribution in [2.75, 3.05) is 18.4 Å². The monoisotopic (exact) mass is 555 g/mol. The summed E-state index contributed by atoms with van der Waals surface area (Å²) in [4.78, 5) is 27.2. The van der Waals surface area contributed by atoms with Crippen molar-refractivity contribution in [2.45, 2.75) is 134 Å². The second-order valence-electron chi connectivity index (χ2n) is 12.8. The van der Waals surface area contributed by atoms with Gasteiger partial charge in [0.1, 0.15) is 6.54 Å². The van der Waals surface area contributed by atoms with E-state index < -0.39 is 0 Å². The van der Waals surface area contributed by atoms with Gasteiger partial charge in [-0.3, -0.25) is 14.9 Å². The summed E-state index contributed by atoms with van der Waals surface area (Å²) in [6.45, 7) is 7.45. The Bertz CT molecular complexity index is 974. The number of nitrogens with one attached hydrogen (secondary N) is 3. The first-order valence-electron chi connectivity index (χ1n) is 16.1. The van der Waals surface area contributed by atoms with E-state index in [-0.39, 0.29) is 22.8 Å². The fourth-order valence-electron chi connectivity index (χ4n) is 8.05. The van der Waals surface area contributed by atoms with Crippen LogP contribution in [-0.2, 0) is 11.3 Å². The number of carbonyl (C=O) groups is 1. The lowest BCUT2D eigenvalue weighted by Crippen LogP contribution is -2.60. The molecule has 9 nitrogen and oxygen atoms in total. The predicted octanol–water partition coefficient (Wildman–Crippen LogP) is 3.89. The maximum absolute atomic E-state index is 13.1. The fraction of sp³-hybridized carbons (Fsp3) is 0.806. The summed E-state index contributed by atoms with van der Waals surface area (Å²) in [5.74, 6) is 0.726. The SMILES string of the molecule is CCN1CCC(NC2CCC(C(=O)NC3CCC(Nc4cc[n+](CC)cc4)CC3)CC2)C2CC([N+](=O)[O-])CCC21. The Balaban J connectivity index is 1.04. The highest BCUT2D eigenvalue weighted by molar-refractivity contribution is 5.79. The van der Waals surface area contributed by atoms with Crippen LogP contribution >= 0.6 is 0 Å². The Kier molecular flexibility index (Phi) is 9.94. The quantitative estimate of drug-likeness (QED) is 0.243. The van der Waals surface area contributed by atoms with Gasteiger partial charge in [-0.1, -0.05) is 6.92 Å². The number of nitro groups is 1. The summed E-state index contributed by atoms with van der Waals surface area (Å²) in [7, 11) is 0. The summed E-state index contributed by atoms with van der Waals surface area (Å²) in [5.41, 5.74) is 1.18. The number of piperidine rings is 1. The first-order chi connectivity index (χ1) is 19.4. The number of anilines is 1. The van der Waals surface area contributed by atoms with E-state index in [9.17, 15) is 14.9 Å². The first-order valence-corrected chi connectivity index (χ1v) is 16.1. The lowest BCUT2D eigenvalue weighted by molar-refractivity contribution is -0.693. The van der Waals surface area contributed by atoms with Crippen LogP contribution in [-0.4, -0.2) is 65.1 Å². The molecule has 3 N–H and O–H groups in total. The number of aryl methyl sites for hydroxylation is 1. The molecule has 1 amide bonds. The minimum absolute atomic E-state index is 0.0463. The van der Waals surface area contributed by atoms with Crippen molar-refractivity contribution in [3.63, 3.8) is 0 Å². The Morgan fingerprint density at radius 1 is 0.950 bits per heavy atom. The average Bonchev–Trinajstić information content (AvgIpc) is 2.98. The first kappa shape index (κ1) is 29.2. The van der Waals surface area contributed by atoms with Crippen LogP contribution in [0.15, 0.2) is 24.5 Å². The van der Waals surface area contributed by atoms with Crippen molar-refractivity contribution in [1.29, 1.82) is 0 Å². The molecule has 5 rings (SSSR count). The van der Waals surface area contributed by atoms with Crippen molar-refractivity contribution >= 4 is 11.6 Å². The van der Waals surface area contributed by atoms with Gasteiger partial charge in [0.25, 0.3) is 0 Å². The minimum Gasteiger partial charge on any atom is -0.382 e. The van der Waals surface area contributed by atoms with Gasteiger partial charge in [-0.25, -0.2) is 4.57 Å². The number of amides is 1. The topological polar surface area (TPSA) is 103 Å². The van der Waals surface area contributed by atoms with Gasteiger partial charge in [-0.15, -0.1) is 0 Å². The van der Waals surface area contributed by atoms with Crippen LogP contribution in [0.5, 0.6) is 0 Å². The molecule has 4 aliphatic rings. The van der Waals surface area contributed by atoms with Crippen LogP contribution in [0, 0.1) is 22.0 Å². The van der Waals surface area contributed by atoms with Crippen LogP contribution in [0.3, 0.4) is 0 Å². The van der Waals surface area contributed by atoms with E-state index in [4.69, 9.17) is 0 Å². The van der Waals surface area contributed by atoms with Gasteiger partial charge in [-0.05, 0) is 90.1 Å². The molecule has 0 radical (unpaired) electrons. The van der Waals surface area contributed by atoms with Gasteiger partial charge in [0.05, 0.1) is 0 Å². The van der Waals surface area contributed by atoms with Crippen LogP contribution in [0.4, 0.5) is 5.69 Å². The molecule has 222 valence electrons. The molecule has 1 aromatic rings. The molecule has 4 unspecified atom stereocenters. The molecule has 1 aromatic heterocycles. The Morgan fingerprint density at radius 2 is 1.62 bits per heavy atom. The number of aromatic nitrogens is 1. The lowest BCUT2D eigenvalue weighted by Gasteiger charge is -2.49. The van der Waals surface area contributed by atoms with E-state index in [1.165, 1.54) is 5.69 Å². The maximum Gasteiger partial charge on any atom is 0.223 e. The van der Waals surface area contributed by atoms with Gasteiger partial charge in [0, 0.05) is 71.7 Å².